The third-order valence-electron chi connectivity index (χ3n) is 2.67. The predicted molar refractivity (Wildman–Crippen MR) is 69.9 cm³/mol. The first-order valence-electron chi connectivity index (χ1n) is 5.37. The number of halogens is 2. The van der Waals surface area contributed by atoms with Gasteiger partial charge in [0.05, 0.1) is 0 Å². The molecule has 16 heavy (non-hydrogen) atoms. The van der Waals surface area contributed by atoms with Gasteiger partial charge in [-0.15, -0.1) is 0 Å². The first-order chi connectivity index (χ1) is 7.58. The molecule has 0 saturated heterocycles. The highest BCUT2D eigenvalue weighted by Gasteiger charge is 2.14. The highest BCUT2D eigenvalue weighted by molar-refractivity contribution is 9.10. The van der Waals surface area contributed by atoms with Crippen LogP contribution in [0.1, 0.15) is 31.4 Å². The van der Waals surface area contributed by atoms with Gasteiger partial charge in [0.1, 0.15) is 5.82 Å². The van der Waals surface area contributed by atoms with E-state index in [4.69, 9.17) is 0 Å². The molecule has 0 aliphatic rings. The van der Waals surface area contributed by atoms with Gasteiger partial charge in [0.25, 0.3) is 0 Å². The highest BCUT2D eigenvalue weighted by atomic mass is 79.9. The maximum absolute atomic E-state index is 13.2. The Hall–Kier alpha value is -0.670. The lowest BCUT2D eigenvalue weighted by Gasteiger charge is -2.19. The van der Waals surface area contributed by atoms with Gasteiger partial charge < -0.3 is 5.32 Å². The lowest BCUT2D eigenvalue weighted by molar-refractivity contribution is 0.568. The molecule has 1 rings (SSSR count). The fourth-order valence-electron chi connectivity index (χ4n) is 1.58. The number of rotatable bonds is 5. The number of nitrogens with one attached hydrogen (secondary N) is 1. The van der Waals surface area contributed by atoms with Gasteiger partial charge in [-0.3, -0.25) is 0 Å². The molecule has 0 fully saturated rings. The molecule has 0 amide bonds. The molecule has 1 aromatic carbocycles. The third-order valence-corrected chi connectivity index (χ3v) is 3.40. The summed E-state index contributed by atoms with van der Waals surface area (Å²) in [6, 6.07) is 4.87. The van der Waals surface area contributed by atoms with Gasteiger partial charge in [0.2, 0.25) is 0 Å². The summed E-state index contributed by atoms with van der Waals surface area (Å²) >= 11 is 3.45. The zero-order chi connectivity index (χ0) is 12.1. The third kappa shape index (κ3) is 3.42. The second kappa shape index (κ2) is 6.16. The zero-order valence-corrected chi connectivity index (χ0v) is 11.3. The van der Waals surface area contributed by atoms with Crippen molar-refractivity contribution in [3.8, 4) is 0 Å². The normalized spacial score (nSPS) is 12.5. The lowest BCUT2D eigenvalue weighted by atomic mass is 9.98. The molecule has 0 aliphatic heterocycles. The largest absolute Gasteiger partial charge is 0.313 e. The van der Waals surface area contributed by atoms with E-state index in [9.17, 15) is 4.39 Å². The van der Waals surface area contributed by atoms with Crippen LogP contribution in [-0.2, 0) is 0 Å². The van der Waals surface area contributed by atoms with Crippen LogP contribution in [0.4, 0.5) is 4.39 Å². The van der Waals surface area contributed by atoms with Gasteiger partial charge in [-0.2, -0.15) is 0 Å². The summed E-state index contributed by atoms with van der Waals surface area (Å²) in [5.74, 6) is -0.208. The van der Waals surface area contributed by atoms with E-state index in [1.807, 2.05) is 7.05 Å². The fourth-order valence-corrected chi connectivity index (χ4v) is 2.11. The van der Waals surface area contributed by atoms with E-state index in [0.717, 1.165) is 28.5 Å². The van der Waals surface area contributed by atoms with Crippen LogP contribution < -0.4 is 5.32 Å². The second-order valence-electron chi connectivity index (χ2n) is 3.81. The fraction of sp³-hybridized carbons (Fsp3) is 0.385. The van der Waals surface area contributed by atoms with Crippen molar-refractivity contribution in [1.29, 1.82) is 0 Å². The second-order valence-corrected chi connectivity index (χ2v) is 4.67. The van der Waals surface area contributed by atoms with Gasteiger partial charge in [-0.05, 0) is 43.7 Å². The standard InChI is InChI=1S/C13H17BrFN/c1-4-9(2)7-13(16-3)11-8-10(15)5-6-12(11)14/h5-6,8,13,16H,2,4,7H2,1,3H3. The van der Waals surface area contributed by atoms with Crippen LogP contribution in [0.2, 0.25) is 0 Å². The maximum Gasteiger partial charge on any atom is 0.123 e. The smallest absolute Gasteiger partial charge is 0.123 e. The molecule has 0 bridgehead atoms. The molecule has 1 unspecified atom stereocenters. The highest BCUT2D eigenvalue weighted by Crippen LogP contribution is 2.28. The van der Waals surface area contributed by atoms with Gasteiger partial charge >= 0.3 is 0 Å². The predicted octanol–water partition coefficient (Wildman–Crippen LogP) is 4.21. The number of hydrogen-bond donors (Lipinski definition) is 1. The average molecular weight is 286 g/mol. The van der Waals surface area contributed by atoms with E-state index in [-0.39, 0.29) is 11.9 Å². The van der Waals surface area contributed by atoms with Crippen LogP contribution in [0.15, 0.2) is 34.8 Å². The molecular weight excluding hydrogens is 269 g/mol. The Balaban J connectivity index is 2.94. The van der Waals surface area contributed by atoms with Crippen LogP contribution >= 0.6 is 15.9 Å². The van der Waals surface area contributed by atoms with Gasteiger partial charge in [0.15, 0.2) is 0 Å². The summed E-state index contributed by atoms with van der Waals surface area (Å²) in [4.78, 5) is 0. The Morgan fingerprint density at radius 1 is 1.56 bits per heavy atom. The van der Waals surface area contributed by atoms with Crippen molar-refractivity contribution in [2.75, 3.05) is 7.05 Å². The van der Waals surface area contributed by atoms with E-state index in [1.54, 1.807) is 12.1 Å². The Morgan fingerprint density at radius 3 is 2.81 bits per heavy atom. The minimum Gasteiger partial charge on any atom is -0.313 e. The van der Waals surface area contributed by atoms with E-state index in [0.29, 0.717) is 0 Å². The van der Waals surface area contributed by atoms with Gasteiger partial charge in [0, 0.05) is 10.5 Å². The van der Waals surface area contributed by atoms with Crippen LogP contribution in [0, 0.1) is 5.82 Å². The molecule has 0 saturated carbocycles. The Bertz CT molecular complexity index is 376. The molecule has 1 nitrogen and oxygen atoms in total. The summed E-state index contributed by atoms with van der Waals surface area (Å²) in [7, 11) is 1.88. The number of hydrogen-bond acceptors (Lipinski definition) is 1. The summed E-state index contributed by atoms with van der Waals surface area (Å²) in [5.41, 5.74) is 2.10. The molecule has 1 aromatic rings. The van der Waals surface area contributed by atoms with E-state index in [1.165, 1.54) is 6.07 Å². The van der Waals surface area contributed by atoms with E-state index < -0.39 is 0 Å². The first kappa shape index (κ1) is 13.4. The van der Waals surface area contributed by atoms with Gasteiger partial charge in [-0.1, -0.05) is 35.0 Å². The summed E-state index contributed by atoms with van der Waals surface area (Å²) in [6.45, 7) is 6.07. The van der Waals surface area contributed by atoms with Crippen molar-refractivity contribution < 1.29 is 4.39 Å². The molecule has 0 aliphatic carbocycles. The molecule has 1 N–H and O–H groups in total. The minimum atomic E-state index is -0.208. The molecule has 3 heteroatoms. The quantitative estimate of drug-likeness (QED) is 0.800. The first-order valence-corrected chi connectivity index (χ1v) is 6.16. The maximum atomic E-state index is 13.2. The minimum absolute atomic E-state index is 0.109. The zero-order valence-electron chi connectivity index (χ0n) is 9.69. The average Bonchev–Trinajstić information content (AvgIpc) is 2.29. The van der Waals surface area contributed by atoms with Crippen molar-refractivity contribution in [1.82, 2.24) is 5.32 Å². The Kier molecular flexibility index (Phi) is 5.16. The van der Waals surface area contributed by atoms with Crippen LogP contribution in [0.5, 0.6) is 0 Å². The summed E-state index contributed by atoms with van der Waals surface area (Å²) in [5, 5.41) is 3.19. The Labute approximate surface area is 105 Å². The molecule has 0 aromatic heterocycles. The topological polar surface area (TPSA) is 12.0 Å². The lowest BCUT2D eigenvalue weighted by Crippen LogP contribution is -2.17. The van der Waals surface area contributed by atoms with Crippen LogP contribution in [-0.4, -0.2) is 7.05 Å². The summed E-state index contributed by atoms with van der Waals surface area (Å²) < 4.78 is 14.1. The number of benzene rings is 1. The van der Waals surface area contributed by atoms with Crippen molar-refractivity contribution in [3.63, 3.8) is 0 Å². The summed E-state index contributed by atoms with van der Waals surface area (Å²) in [6.07, 6.45) is 1.78. The molecule has 1 atom stereocenters. The SMILES string of the molecule is C=C(CC)CC(NC)c1cc(F)ccc1Br. The molecule has 0 radical (unpaired) electrons. The van der Waals surface area contributed by atoms with Crippen LogP contribution in [0.25, 0.3) is 0 Å². The van der Waals surface area contributed by atoms with Crippen molar-refractivity contribution >= 4 is 15.9 Å². The van der Waals surface area contributed by atoms with E-state index >= 15 is 0 Å². The molecular formula is C13H17BrFN. The van der Waals surface area contributed by atoms with Gasteiger partial charge in [-0.25, -0.2) is 4.39 Å². The van der Waals surface area contributed by atoms with Crippen molar-refractivity contribution in [2.24, 2.45) is 0 Å². The molecule has 88 valence electrons. The molecule has 0 spiro atoms. The van der Waals surface area contributed by atoms with E-state index in [2.05, 4.69) is 34.7 Å². The van der Waals surface area contributed by atoms with Crippen molar-refractivity contribution in [2.45, 2.75) is 25.8 Å². The molecule has 0 heterocycles. The monoisotopic (exact) mass is 285 g/mol. The Morgan fingerprint density at radius 2 is 2.25 bits per heavy atom. The van der Waals surface area contributed by atoms with Crippen LogP contribution in [0.3, 0.4) is 0 Å². The van der Waals surface area contributed by atoms with Crippen molar-refractivity contribution in [3.05, 3.63) is 46.2 Å².